The lowest BCUT2D eigenvalue weighted by molar-refractivity contribution is -0.145. The largest absolute Gasteiger partial charge is 0.461 e. The van der Waals surface area contributed by atoms with Crippen molar-refractivity contribution in [3.05, 3.63) is 71.8 Å². The molecule has 0 spiro atoms. The van der Waals surface area contributed by atoms with Gasteiger partial charge in [0.2, 0.25) is 0 Å². The van der Waals surface area contributed by atoms with Crippen molar-refractivity contribution in [2.45, 2.75) is 44.9 Å². The summed E-state index contributed by atoms with van der Waals surface area (Å²) in [6.07, 6.45) is 2.43. The second-order valence-corrected chi connectivity index (χ2v) is 6.71. The number of hydrogen-bond donors (Lipinski definition) is 0. The summed E-state index contributed by atoms with van der Waals surface area (Å²) in [5, 5.41) is 0. The first-order valence-electron chi connectivity index (χ1n) is 9.39. The Morgan fingerprint density at radius 1 is 0.889 bits per heavy atom. The van der Waals surface area contributed by atoms with Crippen LogP contribution < -0.4 is 0 Å². The Hall–Kier alpha value is -2.82. The van der Waals surface area contributed by atoms with Crippen molar-refractivity contribution in [2.75, 3.05) is 6.54 Å². The maximum absolute atomic E-state index is 12.4. The van der Waals surface area contributed by atoms with Crippen LogP contribution in [0.3, 0.4) is 0 Å². The van der Waals surface area contributed by atoms with Crippen molar-refractivity contribution in [3.8, 4) is 0 Å². The third kappa shape index (κ3) is 5.84. The molecule has 0 bridgehead atoms. The zero-order chi connectivity index (χ0) is 18.9. The molecule has 142 valence electrons. The lowest BCUT2D eigenvalue weighted by atomic mass is 10.1. The number of likely N-dealkylation sites (tertiary alicyclic amines) is 1. The minimum absolute atomic E-state index is 0.0394. The van der Waals surface area contributed by atoms with Crippen LogP contribution in [0.15, 0.2) is 60.7 Å². The van der Waals surface area contributed by atoms with Crippen LogP contribution in [0.1, 0.15) is 36.8 Å². The van der Waals surface area contributed by atoms with Gasteiger partial charge in [0.1, 0.15) is 13.2 Å². The van der Waals surface area contributed by atoms with E-state index in [4.69, 9.17) is 9.47 Å². The molecule has 5 nitrogen and oxygen atoms in total. The van der Waals surface area contributed by atoms with Crippen molar-refractivity contribution in [2.24, 2.45) is 0 Å². The number of carbonyl (C=O) groups excluding carboxylic acids is 2. The summed E-state index contributed by atoms with van der Waals surface area (Å²) >= 11 is 0. The predicted octanol–water partition coefficient (Wildman–Crippen LogP) is 4.31. The molecule has 1 fully saturated rings. The van der Waals surface area contributed by atoms with E-state index in [-0.39, 0.29) is 31.3 Å². The minimum Gasteiger partial charge on any atom is -0.461 e. The summed E-state index contributed by atoms with van der Waals surface area (Å²) in [7, 11) is 0. The van der Waals surface area contributed by atoms with E-state index >= 15 is 0 Å². The molecule has 0 aromatic heterocycles. The van der Waals surface area contributed by atoms with Crippen molar-refractivity contribution in [1.82, 2.24) is 4.90 Å². The number of amides is 1. The number of carbonyl (C=O) groups is 2. The van der Waals surface area contributed by atoms with Gasteiger partial charge in [-0.1, -0.05) is 60.7 Å². The van der Waals surface area contributed by atoms with Crippen LogP contribution in [-0.4, -0.2) is 29.5 Å². The molecule has 1 aliphatic rings. The van der Waals surface area contributed by atoms with Crippen LogP contribution >= 0.6 is 0 Å². The Kier molecular flexibility index (Phi) is 6.85. The molecule has 2 aromatic carbocycles. The second-order valence-electron chi connectivity index (χ2n) is 6.71. The van der Waals surface area contributed by atoms with Gasteiger partial charge < -0.3 is 14.4 Å². The molecule has 5 heteroatoms. The van der Waals surface area contributed by atoms with Crippen LogP contribution in [0.5, 0.6) is 0 Å². The predicted molar refractivity (Wildman–Crippen MR) is 102 cm³/mol. The Balaban J connectivity index is 1.41. The molecular formula is C22H25NO4. The molecule has 3 rings (SSSR count). The van der Waals surface area contributed by atoms with E-state index in [1.165, 1.54) is 0 Å². The van der Waals surface area contributed by atoms with Crippen LogP contribution in [-0.2, 0) is 27.5 Å². The molecule has 1 unspecified atom stereocenters. The van der Waals surface area contributed by atoms with E-state index in [0.717, 1.165) is 24.0 Å². The van der Waals surface area contributed by atoms with Crippen LogP contribution in [0, 0.1) is 0 Å². The normalized spacial score (nSPS) is 16.1. The van der Waals surface area contributed by atoms with Crippen LogP contribution in [0.25, 0.3) is 0 Å². The number of rotatable bonds is 7. The lowest BCUT2D eigenvalue weighted by Gasteiger charge is -2.23. The van der Waals surface area contributed by atoms with Gasteiger partial charge in [-0.05, 0) is 30.4 Å². The summed E-state index contributed by atoms with van der Waals surface area (Å²) in [6.45, 7) is 1.23. The highest BCUT2D eigenvalue weighted by Crippen LogP contribution is 2.23. The quantitative estimate of drug-likeness (QED) is 0.684. The first-order valence-corrected chi connectivity index (χ1v) is 9.39. The zero-order valence-corrected chi connectivity index (χ0v) is 15.4. The number of nitrogens with zero attached hydrogens (tertiary/aromatic N) is 1. The first kappa shape index (κ1) is 19.0. The monoisotopic (exact) mass is 367 g/mol. The van der Waals surface area contributed by atoms with Gasteiger partial charge in [-0.25, -0.2) is 4.79 Å². The standard InChI is InChI=1S/C22H25NO4/c24-21(26-16-18-8-3-1-4-9-18)14-13-20-12-7-15-23(20)22(25)27-17-19-10-5-2-6-11-19/h1-6,8-11,20H,7,12-17H2. The van der Waals surface area contributed by atoms with Gasteiger partial charge in [-0.15, -0.1) is 0 Å². The minimum atomic E-state index is -0.306. The molecule has 0 radical (unpaired) electrons. The molecule has 1 amide bonds. The Morgan fingerprint density at radius 3 is 2.11 bits per heavy atom. The SMILES string of the molecule is O=C(CCC1CCCN1C(=O)OCc1ccccc1)OCc1ccccc1. The van der Waals surface area contributed by atoms with Gasteiger partial charge in [0.05, 0.1) is 0 Å². The first-order chi connectivity index (χ1) is 13.2. The van der Waals surface area contributed by atoms with Crippen LogP contribution in [0.2, 0.25) is 0 Å². The van der Waals surface area contributed by atoms with Gasteiger partial charge in [0.25, 0.3) is 0 Å². The molecule has 0 saturated carbocycles. The maximum Gasteiger partial charge on any atom is 0.410 e. The van der Waals surface area contributed by atoms with Gasteiger partial charge >= 0.3 is 12.1 Å². The molecule has 1 aliphatic heterocycles. The highest BCUT2D eigenvalue weighted by molar-refractivity contribution is 5.70. The Bertz CT molecular complexity index is 732. The van der Waals surface area contributed by atoms with Crippen LogP contribution in [0.4, 0.5) is 4.79 Å². The van der Waals surface area contributed by atoms with Crippen molar-refractivity contribution < 1.29 is 19.1 Å². The smallest absolute Gasteiger partial charge is 0.410 e. The van der Waals surface area contributed by atoms with E-state index in [1.807, 2.05) is 60.7 Å². The highest BCUT2D eigenvalue weighted by Gasteiger charge is 2.30. The third-order valence-electron chi connectivity index (χ3n) is 4.74. The Labute approximate surface area is 159 Å². The van der Waals surface area contributed by atoms with Gasteiger partial charge in [-0.3, -0.25) is 4.79 Å². The number of esters is 1. The fraction of sp³-hybridized carbons (Fsp3) is 0.364. The van der Waals surface area contributed by atoms with Crippen molar-refractivity contribution >= 4 is 12.1 Å². The van der Waals surface area contributed by atoms with E-state index < -0.39 is 0 Å². The topological polar surface area (TPSA) is 55.8 Å². The molecule has 0 N–H and O–H groups in total. The molecule has 1 atom stereocenters. The van der Waals surface area contributed by atoms with E-state index in [1.54, 1.807) is 4.90 Å². The summed E-state index contributed by atoms with van der Waals surface area (Å²) in [5.74, 6) is -0.233. The van der Waals surface area contributed by atoms with E-state index in [0.29, 0.717) is 19.4 Å². The average molecular weight is 367 g/mol. The molecule has 1 saturated heterocycles. The average Bonchev–Trinajstić information content (AvgIpc) is 3.19. The fourth-order valence-corrected chi connectivity index (χ4v) is 3.27. The van der Waals surface area contributed by atoms with E-state index in [2.05, 4.69) is 0 Å². The number of hydrogen-bond acceptors (Lipinski definition) is 4. The third-order valence-corrected chi connectivity index (χ3v) is 4.74. The molecule has 1 heterocycles. The fourth-order valence-electron chi connectivity index (χ4n) is 3.27. The van der Waals surface area contributed by atoms with Gasteiger partial charge in [0.15, 0.2) is 0 Å². The van der Waals surface area contributed by atoms with Crippen molar-refractivity contribution in [1.29, 1.82) is 0 Å². The zero-order valence-electron chi connectivity index (χ0n) is 15.4. The van der Waals surface area contributed by atoms with Crippen molar-refractivity contribution in [3.63, 3.8) is 0 Å². The lowest BCUT2D eigenvalue weighted by Crippen LogP contribution is -2.36. The molecule has 0 aliphatic carbocycles. The summed E-state index contributed by atoms with van der Waals surface area (Å²) < 4.78 is 10.7. The highest BCUT2D eigenvalue weighted by atomic mass is 16.6. The Morgan fingerprint density at radius 2 is 1.48 bits per heavy atom. The van der Waals surface area contributed by atoms with E-state index in [9.17, 15) is 9.59 Å². The molecule has 27 heavy (non-hydrogen) atoms. The number of ether oxygens (including phenoxy) is 2. The van der Waals surface area contributed by atoms with Gasteiger partial charge in [-0.2, -0.15) is 0 Å². The maximum atomic E-state index is 12.4. The van der Waals surface area contributed by atoms with Gasteiger partial charge in [0, 0.05) is 19.0 Å². The molecular weight excluding hydrogens is 342 g/mol. The summed E-state index contributed by atoms with van der Waals surface area (Å²) in [4.78, 5) is 26.1. The summed E-state index contributed by atoms with van der Waals surface area (Å²) in [5.41, 5.74) is 1.93. The molecule has 2 aromatic rings. The second kappa shape index (κ2) is 9.76. The number of benzene rings is 2. The summed E-state index contributed by atoms with van der Waals surface area (Å²) in [6, 6.07) is 19.3.